The third-order valence-electron chi connectivity index (χ3n) is 2.02. The quantitative estimate of drug-likeness (QED) is 0.831. The van der Waals surface area contributed by atoms with Crippen molar-refractivity contribution in [1.82, 2.24) is 4.98 Å². The summed E-state index contributed by atoms with van der Waals surface area (Å²) in [5.41, 5.74) is 5.10. The van der Waals surface area contributed by atoms with Gasteiger partial charge in [-0.2, -0.15) is 0 Å². The second-order valence-corrected chi connectivity index (χ2v) is 3.79. The van der Waals surface area contributed by atoms with Crippen molar-refractivity contribution in [3.63, 3.8) is 0 Å². The van der Waals surface area contributed by atoms with Crippen LogP contribution in [0.15, 0.2) is 10.8 Å². The van der Waals surface area contributed by atoms with Crippen LogP contribution in [0.1, 0.15) is 23.1 Å². The molecule has 88 valence electrons. The minimum Gasteiger partial charge on any atom is -0.481 e. The first-order valence-electron chi connectivity index (χ1n) is 4.33. The Bertz CT molecular complexity index is 413. The van der Waals surface area contributed by atoms with Crippen LogP contribution >= 0.6 is 15.9 Å². The molecule has 3 N–H and O–H groups in total. The van der Waals surface area contributed by atoms with E-state index in [9.17, 15) is 13.6 Å². The molecule has 0 fully saturated rings. The summed E-state index contributed by atoms with van der Waals surface area (Å²) in [4.78, 5) is 14.4. The summed E-state index contributed by atoms with van der Waals surface area (Å²) in [6, 6.07) is 0. The number of carboxylic acid groups (broad SMARTS) is 1. The van der Waals surface area contributed by atoms with Crippen molar-refractivity contribution in [3.8, 4) is 0 Å². The Hall–Kier alpha value is -1.08. The van der Waals surface area contributed by atoms with Crippen molar-refractivity contribution in [2.45, 2.75) is 19.4 Å². The molecule has 0 bridgehead atoms. The molecule has 0 spiro atoms. The first-order chi connectivity index (χ1) is 7.47. The maximum atomic E-state index is 12.8. The number of nitrogens with zero attached hydrogens (tertiary/aromatic N) is 1. The van der Waals surface area contributed by atoms with E-state index in [1.54, 1.807) is 0 Å². The van der Waals surface area contributed by atoms with Crippen LogP contribution in [0.2, 0.25) is 0 Å². The van der Waals surface area contributed by atoms with Gasteiger partial charge in [-0.1, -0.05) is 0 Å². The zero-order chi connectivity index (χ0) is 12.3. The predicted molar refractivity (Wildman–Crippen MR) is 56.1 cm³/mol. The number of aliphatic carboxylic acids is 1. The van der Waals surface area contributed by atoms with Crippen molar-refractivity contribution in [3.05, 3.63) is 27.5 Å². The number of carbonyl (C=O) groups is 1. The molecule has 0 atom stereocenters. The Balaban J connectivity index is 3.35. The highest BCUT2D eigenvalue weighted by molar-refractivity contribution is 9.10. The number of aromatic nitrogens is 1. The van der Waals surface area contributed by atoms with Crippen molar-refractivity contribution >= 4 is 21.9 Å². The van der Waals surface area contributed by atoms with Crippen LogP contribution in [0, 0.1) is 0 Å². The van der Waals surface area contributed by atoms with E-state index < -0.39 is 18.8 Å². The molecule has 0 saturated heterocycles. The predicted octanol–water partition coefficient (Wildman–Crippen LogP) is 1.87. The van der Waals surface area contributed by atoms with Crippen LogP contribution in [-0.2, 0) is 17.8 Å². The molecule has 4 nitrogen and oxygen atoms in total. The summed E-state index contributed by atoms with van der Waals surface area (Å²) in [6.45, 7) is -0.105. The summed E-state index contributed by atoms with van der Waals surface area (Å²) in [5.74, 6) is -1.20. The fraction of sp³-hybridized carbons (Fsp3) is 0.333. The molecular formula is C9H9BrF2N2O2. The molecule has 0 saturated carbocycles. The van der Waals surface area contributed by atoms with Gasteiger partial charge in [-0.3, -0.25) is 4.79 Å². The lowest BCUT2D eigenvalue weighted by atomic mass is 10.0. The van der Waals surface area contributed by atoms with Crippen molar-refractivity contribution < 1.29 is 18.7 Å². The fourth-order valence-electron chi connectivity index (χ4n) is 1.34. The highest BCUT2D eigenvalue weighted by atomic mass is 79.9. The zero-order valence-electron chi connectivity index (χ0n) is 8.08. The number of hydrogen-bond acceptors (Lipinski definition) is 3. The molecular weight excluding hydrogens is 286 g/mol. The molecule has 0 amide bonds. The Morgan fingerprint density at radius 1 is 1.62 bits per heavy atom. The first kappa shape index (κ1) is 13.0. The van der Waals surface area contributed by atoms with E-state index in [-0.39, 0.29) is 27.8 Å². The second kappa shape index (κ2) is 5.31. The van der Waals surface area contributed by atoms with Crippen molar-refractivity contribution in [2.24, 2.45) is 5.73 Å². The Kier molecular flexibility index (Phi) is 4.31. The average molecular weight is 295 g/mol. The second-order valence-electron chi connectivity index (χ2n) is 3.04. The molecule has 1 heterocycles. The molecule has 0 radical (unpaired) electrons. The van der Waals surface area contributed by atoms with E-state index in [0.717, 1.165) is 0 Å². The molecule has 0 aliphatic rings. The molecule has 1 rings (SSSR count). The number of rotatable bonds is 4. The Labute approximate surface area is 98.6 Å². The van der Waals surface area contributed by atoms with Crippen LogP contribution in [0.5, 0.6) is 0 Å². The van der Waals surface area contributed by atoms with Gasteiger partial charge >= 0.3 is 5.97 Å². The van der Waals surface area contributed by atoms with Crippen LogP contribution in [0.4, 0.5) is 8.78 Å². The fourth-order valence-corrected chi connectivity index (χ4v) is 1.80. The molecule has 1 aromatic rings. The smallest absolute Gasteiger partial charge is 0.307 e. The SMILES string of the molecule is NCc1cnc(Br)c(CC(=O)O)c1C(F)F. The maximum absolute atomic E-state index is 12.8. The van der Waals surface area contributed by atoms with Crippen LogP contribution < -0.4 is 5.73 Å². The number of alkyl halides is 2. The first-order valence-corrected chi connectivity index (χ1v) is 5.12. The average Bonchev–Trinajstić information content (AvgIpc) is 2.19. The van der Waals surface area contributed by atoms with E-state index in [0.29, 0.717) is 0 Å². The topological polar surface area (TPSA) is 76.2 Å². The van der Waals surface area contributed by atoms with E-state index >= 15 is 0 Å². The van der Waals surface area contributed by atoms with Crippen molar-refractivity contribution in [2.75, 3.05) is 0 Å². The van der Waals surface area contributed by atoms with Crippen molar-refractivity contribution in [1.29, 1.82) is 0 Å². The Morgan fingerprint density at radius 2 is 2.25 bits per heavy atom. The normalized spacial score (nSPS) is 10.8. The van der Waals surface area contributed by atoms with Crippen LogP contribution in [-0.4, -0.2) is 16.1 Å². The largest absolute Gasteiger partial charge is 0.481 e. The summed E-state index contributed by atoms with van der Waals surface area (Å²) >= 11 is 2.96. The van der Waals surface area contributed by atoms with Gasteiger partial charge in [0.2, 0.25) is 0 Å². The number of halogens is 3. The number of nitrogens with two attached hydrogens (primary N) is 1. The summed E-state index contributed by atoms with van der Waals surface area (Å²) in [6.07, 6.45) is -2.06. The van der Waals surface area contributed by atoms with Gasteiger partial charge in [0.25, 0.3) is 6.43 Å². The van der Waals surface area contributed by atoms with E-state index in [1.165, 1.54) is 6.20 Å². The summed E-state index contributed by atoms with van der Waals surface area (Å²) in [5, 5.41) is 8.64. The lowest BCUT2D eigenvalue weighted by Crippen LogP contribution is -2.11. The molecule has 1 aromatic heterocycles. The molecule has 0 aliphatic heterocycles. The van der Waals surface area contributed by atoms with Crippen LogP contribution in [0.25, 0.3) is 0 Å². The van der Waals surface area contributed by atoms with Gasteiger partial charge < -0.3 is 10.8 Å². The van der Waals surface area contributed by atoms with Gasteiger partial charge in [0.1, 0.15) is 4.60 Å². The van der Waals surface area contributed by atoms with E-state index in [4.69, 9.17) is 10.8 Å². The van der Waals surface area contributed by atoms with Gasteiger partial charge in [-0.05, 0) is 21.5 Å². The molecule has 0 aromatic carbocycles. The number of carboxylic acids is 1. The van der Waals surface area contributed by atoms with E-state index in [1.807, 2.05) is 0 Å². The van der Waals surface area contributed by atoms with Gasteiger partial charge in [-0.25, -0.2) is 13.8 Å². The zero-order valence-corrected chi connectivity index (χ0v) is 9.67. The minimum atomic E-state index is -2.77. The maximum Gasteiger partial charge on any atom is 0.307 e. The lowest BCUT2D eigenvalue weighted by molar-refractivity contribution is -0.136. The monoisotopic (exact) mass is 294 g/mol. The van der Waals surface area contributed by atoms with Gasteiger partial charge in [0.15, 0.2) is 0 Å². The highest BCUT2D eigenvalue weighted by Crippen LogP contribution is 2.30. The molecule has 0 aliphatic carbocycles. The van der Waals surface area contributed by atoms with Gasteiger partial charge in [0.05, 0.1) is 6.42 Å². The lowest BCUT2D eigenvalue weighted by Gasteiger charge is -2.12. The summed E-state index contributed by atoms with van der Waals surface area (Å²) < 4.78 is 25.7. The van der Waals surface area contributed by atoms with Crippen LogP contribution in [0.3, 0.4) is 0 Å². The standard InChI is InChI=1S/C9H9BrF2N2O2/c10-8-5(1-6(15)16)7(9(11)12)4(2-13)3-14-8/h3,9H,1-2,13H2,(H,15,16). The van der Waals surface area contributed by atoms with E-state index in [2.05, 4.69) is 20.9 Å². The third kappa shape index (κ3) is 2.73. The summed E-state index contributed by atoms with van der Waals surface area (Å²) in [7, 11) is 0. The number of hydrogen-bond donors (Lipinski definition) is 2. The molecule has 0 unspecified atom stereocenters. The highest BCUT2D eigenvalue weighted by Gasteiger charge is 2.22. The minimum absolute atomic E-state index is 0.0227. The van der Waals surface area contributed by atoms with Gasteiger partial charge in [0, 0.05) is 23.9 Å². The number of pyridine rings is 1. The third-order valence-corrected chi connectivity index (χ3v) is 2.70. The molecule has 16 heavy (non-hydrogen) atoms. The molecule has 7 heteroatoms. The van der Waals surface area contributed by atoms with Gasteiger partial charge in [-0.15, -0.1) is 0 Å². The Morgan fingerprint density at radius 3 is 2.69 bits per heavy atom.